The van der Waals surface area contributed by atoms with Crippen molar-refractivity contribution in [2.75, 3.05) is 0 Å². The molecule has 0 bridgehead atoms. The van der Waals surface area contributed by atoms with Gasteiger partial charge in [0.1, 0.15) is 0 Å². The van der Waals surface area contributed by atoms with E-state index in [1.54, 1.807) is 11.3 Å². The fourth-order valence-electron chi connectivity index (χ4n) is 3.95. The summed E-state index contributed by atoms with van der Waals surface area (Å²) in [6.45, 7) is 11.6. The zero-order chi connectivity index (χ0) is 19.2. The first-order valence-electron chi connectivity index (χ1n) is 9.44. The number of nitrogens with one attached hydrogen (secondary N) is 1. The highest BCUT2D eigenvalue weighted by molar-refractivity contribution is 7.16. The molecule has 0 spiro atoms. The quantitative estimate of drug-likeness (QED) is 0.623. The topological polar surface area (TPSA) is 54.5 Å². The monoisotopic (exact) mass is 378 g/mol. The zero-order valence-electron chi connectivity index (χ0n) is 16.6. The predicted octanol–water partition coefficient (Wildman–Crippen LogP) is 5.84. The van der Waals surface area contributed by atoms with Crippen LogP contribution in [0.15, 0.2) is 30.3 Å². The van der Waals surface area contributed by atoms with E-state index in [0.717, 1.165) is 4.88 Å². The van der Waals surface area contributed by atoms with Gasteiger partial charge in [0.2, 0.25) is 5.82 Å². The fourth-order valence-corrected chi connectivity index (χ4v) is 4.86. The molecule has 0 fully saturated rings. The van der Waals surface area contributed by atoms with Crippen LogP contribution in [0.1, 0.15) is 69.0 Å². The van der Waals surface area contributed by atoms with Gasteiger partial charge >= 0.3 is 0 Å². The molecule has 0 radical (unpaired) electrons. The Balaban J connectivity index is 1.68. The third kappa shape index (κ3) is 3.36. The number of allylic oxidation sites excluding steroid dienone is 1. The molecule has 1 N–H and O–H groups in total. The molecule has 1 aliphatic rings. The Labute approximate surface area is 164 Å². The number of aromatic nitrogens is 4. The minimum atomic E-state index is 0.233. The van der Waals surface area contributed by atoms with Crippen molar-refractivity contribution in [3.05, 3.63) is 51.9 Å². The van der Waals surface area contributed by atoms with Crippen molar-refractivity contribution in [2.45, 2.75) is 58.3 Å². The van der Waals surface area contributed by atoms with E-state index in [1.807, 2.05) is 0 Å². The Bertz CT molecular complexity index is 993. The summed E-state index contributed by atoms with van der Waals surface area (Å²) in [6, 6.07) is 11.2. The average Bonchev–Trinajstić information content (AvgIpc) is 3.30. The number of aromatic amines is 1. The lowest BCUT2D eigenvalue weighted by Gasteiger charge is -2.42. The largest absolute Gasteiger partial charge is 0.214 e. The van der Waals surface area contributed by atoms with E-state index >= 15 is 0 Å². The van der Waals surface area contributed by atoms with Crippen molar-refractivity contribution in [3.8, 4) is 10.7 Å². The molecule has 2 aromatic heterocycles. The Morgan fingerprint density at radius 1 is 1.04 bits per heavy atom. The third-order valence-electron chi connectivity index (χ3n) is 5.82. The smallest absolute Gasteiger partial charge is 0.177 e. The van der Waals surface area contributed by atoms with Crippen LogP contribution in [0.2, 0.25) is 0 Å². The van der Waals surface area contributed by atoms with Crippen molar-refractivity contribution >= 4 is 23.0 Å². The average molecular weight is 379 g/mol. The number of thiophene rings is 1. The van der Waals surface area contributed by atoms with Crippen LogP contribution in [0, 0.1) is 0 Å². The molecule has 140 valence electrons. The molecule has 0 amide bonds. The Morgan fingerprint density at radius 2 is 1.78 bits per heavy atom. The first-order chi connectivity index (χ1) is 12.8. The van der Waals surface area contributed by atoms with Crippen LogP contribution in [0.4, 0.5) is 0 Å². The van der Waals surface area contributed by atoms with Crippen molar-refractivity contribution in [2.24, 2.45) is 0 Å². The van der Waals surface area contributed by atoms with E-state index in [1.165, 1.54) is 40.0 Å². The molecule has 4 nitrogen and oxygen atoms in total. The number of fused-ring (bicyclic) bond motifs is 1. The fraction of sp³-hybridized carbons (Fsp3) is 0.409. The summed E-state index contributed by atoms with van der Waals surface area (Å²) in [5.41, 5.74) is 6.02. The van der Waals surface area contributed by atoms with Gasteiger partial charge in [-0.2, -0.15) is 5.21 Å². The maximum Gasteiger partial charge on any atom is 0.214 e. The van der Waals surface area contributed by atoms with E-state index in [9.17, 15) is 0 Å². The summed E-state index contributed by atoms with van der Waals surface area (Å²) < 4.78 is 0. The SMILES string of the molecule is CC(=Cc1ccc2c(c1)C(C)(C)CCC2(C)C)c1ccc(-c2nn[nH]n2)s1. The summed E-state index contributed by atoms with van der Waals surface area (Å²) in [7, 11) is 0. The number of hydrogen-bond donors (Lipinski definition) is 1. The van der Waals surface area contributed by atoms with E-state index in [0.29, 0.717) is 5.82 Å². The Morgan fingerprint density at radius 3 is 2.48 bits per heavy atom. The highest BCUT2D eigenvalue weighted by atomic mass is 32.1. The number of nitrogens with zero attached hydrogens (tertiary/aromatic N) is 3. The van der Waals surface area contributed by atoms with Crippen LogP contribution in [0.25, 0.3) is 22.4 Å². The van der Waals surface area contributed by atoms with E-state index in [2.05, 4.69) is 91.7 Å². The molecule has 4 rings (SSSR count). The van der Waals surface area contributed by atoms with Gasteiger partial charge in [-0.25, -0.2) is 0 Å². The van der Waals surface area contributed by atoms with E-state index < -0.39 is 0 Å². The van der Waals surface area contributed by atoms with E-state index in [-0.39, 0.29) is 10.8 Å². The molecule has 27 heavy (non-hydrogen) atoms. The molecule has 0 unspecified atom stereocenters. The molecule has 0 saturated carbocycles. The predicted molar refractivity (Wildman–Crippen MR) is 113 cm³/mol. The van der Waals surface area contributed by atoms with Gasteiger partial charge in [-0.15, -0.1) is 21.5 Å². The molecular weight excluding hydrogens is 352 g/mol. The Hall–Kier alpha value is -2.27. The van der Waals surface area contributed by atoms with Gasteiger partial charge in [0.15, 0.2) is 0 Å². The number of H-pyrrole nitrogens is 1. The highest BCUT2D eigenvalue weighted by Crippen LogP contribution is 2.46. The lowest BCUT2D eigenvalue weighted by atomic mass is 9.63. The first kappa shape index (κ1) is 18.1. The molecule has 1 aromatic carbocycles. The maximum absolute atomic E-state index is 4.06. The highest BCUT2D eigenvalue weighted by Gasteiger charge is 2.36. The molecule has 2 heterocycles. The number of hydrogen-bond acceptors (Lipinski definition) is 4. The van der Waals surface area contributed by atoms with E-state index in [4.69, 9.17) is 0 Å². The van der Waals surface area contributed by atoms with Crippen LogP contribution < -0.4 is 0 Å². The molecule has 0 saturated heterocycles. The molecule has 0 aliphatic heterocycles. The number of benzene rings is 1. The summed E-state index contributed by atoms with van der Waals surface area (Å²) in [6.07, 6.45) is 4.76. The van der Waals surface area contributed by atoms with Gasteiger partial charge in [0.25, 0.3) is 0 Å². The minimum absolute atomic E-state index is 0.233. The Kier molecular flexibility index (Phi) is 4.30. The van der Waals surface area contributed by atoms with Crippen molar-refractivity contribution in [3.63, 3.8) is 0 Å². The van der Waals surface area contributed by atoms with Gasteiger partial charge in [-0.3, -0.25) is 0 Å². The second-order valence-corrected chi connectivity index (χ2v) is 9.88. The van der Waals surface area contributed by atoms with Gasteiger partial charge in [-0.1, -0.05) is 52.0 Å². The van der Waals surface area contributed by atoms with Gasteiger partial charge in [0.05, 0.1) is 4.88 Å². The lowest BCUT2D eigenvalue weighted by molar-refractivity contribution is 0.332. The van der Waals surface area contributed by atoms with Crippen LogP contribution in [-0.2, 0) is 10.8 Å². The molecule has 3 aromatic rings. The van der Waals surface area contributed by atoms with Crippen LogP contribution in [-0.4, -0.2) is 20.6 Å². The van der Waals surface area contributed by atoms with Crippen molar-refractivity contribution in [1.29, 1.82) is 0 Å². The van der Waals surface area contributed by atoms with Gasteiger partial charge in [-0.05, 0) is 70.2 Å². The van der Waals surface area contributed by atoms with Crippen LogP contribution in [0.5, 0.6) is 0 Å². The van der Waals surface area contributed by atoms with Crippen molar-refractivity contribution < 1.29 is 0 Å². The lowest BCUT2D eigenvalue weighted by Crippen LogP contribution is -2.33. The molecular formula is C22H26N4S. The minimum Gasteiger partial charge on any atom is -0.177 e. The summed E-state index contributed by atoms with van der Waals surface area (Å²) >= 11 is 1.69. The molecule has 5 heteroatoms. The summed E-state index contributed by atoms with van der Waals surface area (Å²) in [5.74, 6) is 0.650. The maximum atomic E-state index is 4.06. The summed E-state index contributed by atoms with van der Waals surface area (Å²) in [5, 5.41) is 14.3. The normalized spacial score (nSPS) is 18.3. The van der Waals surface area contributed by atoms with Gasteiger partial charge < -0.3 is 0 Å². The molecule has 0 atom stereocenters. The second kappa shape index (κ2) is 6.41. The first-order valence-corrected chi connectivity index (χ1v) is 10.3. The van der Waals surface area contributed by atoms with Crippen molar-refractivity contribution in [1.82, 2.24) is 20.6 Å². The number of rotatable bonds is 3. The van der Waals surface area contributed by atoms with Crippen LogP contribution >= 0.6 is 11.3 Å². The zero-order valence-corrected chi connectivity index (χ0v) is 17.4. The number of tetrazole rings is 1. The second-order valence-electron chi connectivity index (χ2n) is 8.80. The molecule has 1 aliphatic carbocycles. The van der Waals surface area contributed by atoms with Gasteiger partial charge in [0, 0.05) is 4.88 Å². The third-order valence-corrected chi connectivity index (χ3v) is 7.04. The van der Waals surface area contributed by atoms with Crippen LogP contribution in [0.3, 0.4) is 0 Å². The summed E-state index contributed by atoms with van der Waals surface area (Å²) in [4.78, 5) is 2.26. The standard InChI is InChI=1S/C22H26N4S/c1-14(18-8-9-19(27-18)20-23-25-26-24-20)12-15-6-7-16-17(13-15)22(4,5)11-10-21(16,2)3/h6-9,12-13H,10-11H2,1-5H3,(H,23,24,25,26).